The van der Waals surface area contributed by atoms with Crippen molar-refractivity contribution in [1.29, 1.82) is 5.26 Å². The molecule has 37 heavy (non-hydrogen) atoms. The van der Waals surface area contributed by atoms with Crippen LogP contribution >= 0.6 is 27.5 Å². The number of ether oxygens (including phenoxy) is 2. The minimum Gasteiger partial charge on any atom is -0.489 e. The third-order valence-corrected chi connectivity index (χ3v) is 6.09. The number of nitriles is 1. The molecule has 0 atom stereocenters. The molecule has 4 aromatic rings. The van der Waals surface area contributed by atoms with Gasteiger partial charge < -0.3 is 14.8 Å². The van der Waals surface area contributed by atoms with Gasteiger partial charge in [-0.3, -0.25) is 4.79 Å². The predicted molar refractivity (Wildman–Crippen MR) is 149 cm³/mol. The van der Waals surface area contributed by atoms with E-state index in [0.717, 1.165) is 15.6 Å². The topological polar surface area (TPSA) is 71.3 Å². The summed E-state index contributed by atoms with van der Waals surface area (Å²) >= 11 is 9.32. The molecule has 5 nitrogen and oxygen atoms in total. The van der Waals surface area contributed by atoms with Gasteiger partial charge in [-0.25, -0.2) is 0 Å². The number of hydrogen-bond acceptors (Lipinski definition) is 4. The van der Waals surface area contributed by atoms with E-state index in [1.165, 1.54) is 6.08 Å². The van der Waals surface area contributed by atoms with Crippen molar-refractivity contribution in [3.05, 3.63) is 129 Å². The Morgan fingerprint density at radius 3 is 1.86 bits per heavy atom. The molecule has 0 aliphatic rings. The van der Waals surface area contributed by atoms with Gasteiger partial charge in [-0.15, -0.1) is 0 Å². The summed E-state index contributed by atoms with van der Waals surface area (Å²) in [5.41, 5.74) is 3.31. The Labute approximate surface area is 229 Å². The summed E-state index contributed by atoms with van der Waals surface area (Å²) in [5.74, 6) is 0.863. The molecule has 0 fully saturated rings. The second kappa shape index (κ2) is 12.8. The maximum atomic E-state index is 12.7. The molecule has 0 aliphatic carbocycles. The summed E-state index contributed by atoms with van der Waals surface area (Å²) in [7, 11) is 0. The molecule has 0 unspecified atom stereocenters. The van der Waals surface area contributed by atoms with E-state index in [4.69, 9.17) is 21.1 Å². The van der Waals surface area contributed by atoms with Crippen LogP contribution in [0.3, 0.4) is 0 Å². The van der Waals surface area contributed by atoms with Crippen LogP contribution in [0.4, 0.5) is 5.69 Å². The molecule has 0 aliphatic heterocycles. The van der Waals surface area contributed by atoms with E-state index >= 15 is 0 Å². The quantitative estimate of drug-likeness (QED) is 0.164. The first kappa shape index (κ1) is 26.0. The van der Waals surface area contributed by atoms with Crippen LogP contribution in [0.1, 0.15) is 16.7 Å². The number of carbonyl (C=O) groups is 1. The van der Waals surface area contributed by atoms with E-state index in [9.17, 15) is 10.1 Å². The molecule has 0 aromatic heterocycles. The Morgan fingerprint density at radius 2 is 1.32 bits per heavy atom. The highest BCUT2D eigenvalue weighted by molar-refractivity contribution is 9.10. The van der Waals surface area contributed by atoms with Crippen LogP contribution < -0.4 is 14.8 Å². The number of carbonyl (C=O) groups excluding carboxylic acids is 1. The van der Waals surface area contributed by atoms with Gasteiger partial charge in [0.15, 0.2) is 0 Å². The lowest BCUT2D eigenvalue weighted by molar-refractivity contribution is -0.112. The summed E-state index contributed by atoms with van der Waals surface area (Å²) in [6, 6.07) is 31.5. The number of anilines is 1. The summed E-state index contributed by atoms with van der Waals surface area (Å²) in [6.45, 7) is 0.845. The molecule has 184 valence electrons. The van der Waals surface area contributed by atoms with E-state index in [0.29, 0.717) is 41.0 Å². The van der Waals surface area contributed by atoms with Crippen LogP contribution in [0, 0.1) is 11.3 Å². The highest BCUT2D eigenvalue weighted by Gasteiger charge is 2.10. The van der Waals surface area contributed by atoms with Crippen molar-refractivity contribution in [2.24, 2.45) is 0 Å². The van der Waals surface area contributed by atoms with Gasteiger partial charge in [0.2, 0.25) is 0 Å². The van der Waals surface area contributed by atoms with Gasteiger partial charge in [-0.2, -0.15) is 5.26 Å². The van der Waals surface area contributed by atoms with Crippen LogP contribution in [0.25, 0.3) is 6.08 Å². The fourth-order valence-corrected chi connectivity index (χ4v) is 3.69. The Morgan fingerprint density at radius 1 is 0.811 bits per heavy atom. The maximum absolute atomic E-state index is 12.7. The molecule has 0 bridgehead atoms. The second-order valence-corrected chi connectivity index (χ2v) is 9.40. The fraction of sp³-hybridized carbons (Fsp3) is 0.0667. The van der Waals surface area contributed by atoms with Gasteiger partial charge in [-0.05, 0) is 83.4 Å². The van der Waals surface area contributed by atoms with E-state index in [2.05, 4.69) is 21.2 Å². The highest BCUT2D eigenvalue weighted by Crippen LogP contribution is 2.20. The average molecular weight is 574 g/mol. The van der Waals surface area contributed by atoms with Gasteiger partial charge >= 0.3 is 0 Å². The lowest BCUT2D eigenvalue weighted by Crippen LogP contribution is -2.13. The van der Waals surface area contributed by atoms with Crippen LogP contribution in [0.5, 0.6) is 11.5 Å². The first-order valence-corrected chi connectivity index (χ1v) is 12.5. The van der Waals surface area contributed by atoms with Crippen LogP contribution in [0.15, 0.2) is 107 Å². The van der Waals surface area contributed by atoms with Crippen molar-refractivity contribution < 1.29 is 14.3 Å². The Balaban J connectivity index is 1.31. The van der Waals surface area contributed by atoms with E-state index < -0.39 is 5.91 Å². The van der Waals surface area contributed by atoms with Crippen molar-refractivity contribution in [2.75, 3.05) is 5.32 Å². The number of hydrogen-bond donors (Lipinski definition) is 1. The Hall–Kier alpha value is -4.05. The van der Waals surface area contributed by atoms with E-state index in [1.807, 2.05) is 54.6 Å². The van der Waals surface area contributed by atoms with Gasteiger partial charge in [0, 0.05) is 15.2 Å². The lowest BCUT2D eigenvalue weighted by Gasteiger charge is -2.09. The molecule has 0 heterocycles. The molecule has 1 N–H and O–H groups in total. The molecule has 4 aromatic carbocycles. The molecule has 0 spiro atoms. The molecular formula is C30H22BrClN2O3. The zero-order valence-electron chi connectivity index (χ0n) is 19.7. The average Bonchev–Trinajstić information content (AvgIpc) is 2.92. The standard InChI is InChI=1S/C30H22BrClN2O3/c31-25-7-1-22(2-8-25)19-37-29-15-11-27(12-16-29)34-30(35)24(18-33)17-21-5-13-28(14-6-21)36-20-23-3-9-26(32)10-4-23/h1-17H,19-20H2,(H,34,35)/b24-17+. The predicted octanol–water partition coefficient (Wildman–Crippen LogP) is 7.81. The third kappa shape index (κ3) is 7.97. The van der Waals surface area contributed by atoms with Crippen molar-refractivity contribution in [3.8, 4) is 17.6 Å². The van der Waals surface area contributed by atoms with Crippen LogP contribution in [-0.2, 0) is 18.0 Å². The number of halogens is 2. The van der Waals surface area contributed by atoms with Crippen molar-refractivity contribution in [1.82, 2.24) is 0 Å². The van der Waals surface area contributed by atoms with E-state index in [-0.39, 0.29) is 5.57 Å². The minimum atomic E-state index is -0.492. The number of nitrogens with zero attached hydrogens (tertiary/aromatic N) is 1. The minimum absolute atomic E-state index is 0.00889. The molecule has 0 saturated heterocycles. The monoisotopic (exact) mass is 572 g/mol. The molecule has 0 saturated carbocycles. The number of benzene rings is 4. The lowest BCUT2D eigenvalue weighted by atomic mass is 10.1. The number of amides is 1. The second-order valence-electron chi connectivity index (χ2n) is 8.05. The summed E-state index contributed by atoms with van der Waals surface area (Å²) in [4.78, 5) is 12.7. The first-order valence-electron chi connectivity index (χ1n) is 11.4. The van der Waals surface area contributed by atoms with Gasteiger partial charge in [0.1, 0.15) is 36.4 Å². The Bertz CT molecular complexity index is 1410. The van der Waals surface area contributed by atoms with E-state index in [1.54, 1.807) is 48.5 Å². The van der Waals surface area contributed by atoms with Crippen LogP contribution in [0.2, 0.25) is 5.02 Å². The van der Waals surface area contributed by atoms with Crippen molar-refractivity contribution >= 4 is 45.2 Å². The zero-order valence-corrected chi connectivity index (χ0v) is 22.0. The fourth-order valence-electron chi connectivity index (χ4n) is 3.30. The van der Waals surface area contributed by atoms with Crippen molar-refractivity contribution in [3.63, 3.8) is 0 Å². The maximum Gasteiger partial charge on any atom is 0.266 e. The SMILES string of the molecule is N#C/C(=C\c1ccc(OCc2ccc(Cl)cc2)cc1)C(=O)Nc1ccc(OCc2ccc(Br)cc2)cc1. The smallest absolute Gasteiger partial charge is 0.266 e. The first-order chi connectivity index (χ1) is 18.0. The zero-order chi connectivity index (χ0) is 26.0. The van der Waals surface area contributed by atoms with Gasteiger partial charge in [0.05, 0.1) is 0 Å². The highest BCUT2D eigenvalue weighted by atomic mass is 79.9. The van der Waals surface area contributed by atoms with Crippen LogP contribution in [-0.4, -0.2) is 5.91 Å². The van der Waals surface area contributed by atoms with Crippen molar-refractivity contribution in [2.45, 2.75) is 13.2 Å². The summed E-state index contributed by atoms with van der Waals surface area (Å²) in [6.07, 6.45) is 1.54. The number of rotatable bonds is 9. The largest absolute Gasteiger partial charge is 0.489 e. The summed E-state index contributed by atoms with van der Waals surface area (Å²) < 4.78 is 12.6. The Kier molecular flexibility index (Phi) is 8.98. The van der Waals surface area contributed by atoms with Gasteiger partial charge in [-0.1, -0.05) is 63.9 Å². The number of nitrogens with one attached hydrogen (secondary N) is 1. The molecule has 0 radical (unpaired) electrons. The molecule has 1 amide bonds. The summed E-state index contributed by atoms with van der Waals surface area (Å²) in [5, 5.41) is 12.9. The molecule has 4 rings (SSSR count). The third-order valence-electron chi connectivity index (χ3n) is 5.31. The molecule has 7 heteroatoms. The molecular weight excluding hydrogens is 552 g/mol. The normalized spacial score (nSPS) is 10.9. The van der Waals surface area contributed by atoms with Gasteiger partial charge in [0.25, 0.3) is 5.91 Å².